The van der Waals surface area contributed by atoms with Crippen LogP contribution in [0.3, 0.4) is 0 Å². The van der Waals surface area contributed by atoms with E-state index in [1.54, 1.807) is 7.11 Å². The van der Waals surface area contributed by atoms with Crippen LogP contribution in [0.2, 0.25) is 0 Å². The van der Waals surface area contributed by atoms with Crippen LogP contribution in [-0.2, 0) is 14.3 Å². The van der Waals surface area contributed by atoms with Crippen molar-refractivity contribution in [3.63, 3.8) is 0 Å². The third kappa shape index (κ3) is 3.12. The number of carboxylic acids is 1. The van der Waals surface area contributed by atoms with Gasteiger partial charge in [-0.3, -0.25) is 4.79 Å². The average Bonchev–Trinajstić information content (AvgIpc) is 2.65. The SMILES string of the molecule is COC(C)(C)CC(=O)N1CSCC1C(=O)O. The number of carbonyl (C=O) groups excluding carboxylic acids is 1. The highest BCUT2D eigenvalue weighted by atomic mass is 32.2. The van der Waals surface area contributed by atoms with Gasteiger partial charge in [-0.25, -0.2) is 4.79 Å². The van der Waals surface area contributed by atoms with Crippen LogP contribution in [0.15, 0.2) is 0 Å². The summed E-state index contributed by atoms with van der Waals surface area (Å²) >= 11 is 1.46. The molecule has 0 bridgehead atoms. The number of methoxy groups -OCH3 is 1. The molecule has 5 nitrogen and oxygen atoms in total. The zero-order chi connectivity index (χ0) is 12.3. The zero-order valence-corrected chi connectivity index (χ0v) is 10.5. The first-order valence-electron chi connectivity index (χ1n) is 5.02. The molecule has 0 saturated carbocycles. The summed E-state index contributed by atoms with van der Waals surface area (Å²) in [6.45, 7) is 3.62. The molecule has 1 rings (SSSR count). The van der Waals surface area contributed by atoms with Gasteiger partial charge in [-0.05, 0) is 13.8 Å². The first kappa shape index (κ1) is 13.3. The van der Waals surface area contributed by atoms with E-state index >= 15 is 0 Å². The molecule has 6 heteroatoms. The highest BCUT2D eigenvalue weighted by molar-refractivity contribution is 7.99. The minimum Gasteiger partial charge on any atom is -0.480 e. The van der Waals surface area contributed by atoms with E-state index in [9.17, 15) is 9.59 Å². The summed E-state index contributed by atoms with van der Waals surface area (Å²) in [5.74, 6) is -0.179. The van der Waals surface area contributed by atoms with E-state index in [1.807, 2.05) is 13.8 Å². The molecule has 0 aliphatic carbocycles. The van der Waals surface area contributed by atoms with Crippen LogP contribution in [0.25, 0.3) is 0 Å². The molecule has 1 saturated heterocycles. The molecule has 16 heavy (non-hydrogen) atoms. The molecule has 0 aromatic rings. The topological polar surface area (TPSA) is 66.8 Å². The Morgan fingerprint density at radius 2 is 2.19 bits per heavy atom. The smallest absolute Gasteiger partial charge is 0.327 e. The Hall–Kier alpha value is -0.750. The maximum Gasteiger partial charge on any atom is 0.327 e. The number of amides is 1. The molecule has 1 amide bonds. The number of carbonyl (C=O) groups is 2. The van der Waals surface area contributed by atoms with Crippen molar-refractivity contribution in [2.75, 3.05) is 18.7 Å². The lowest BCUT2D eigenvalue weighted by atomic mass is 10.0. The number of aliphatic carboxylic acids is 1. The van der Waals surface area contributed by atoms with Crippen molar-refractivity contribution in [3.8, 4) is 0 Å². The molecular weight excluding hydrogens is 230 g/mol. The Labute approximate surface area is 99.1 Å². The monoisotopic (exact) mass is 247 g/mol. The summed E-state index contributed by atoms with van der Waals surface area (Å²) in [5.41, 5.74) is -0.548. The van der Waals surface area contributed by atoms with Crippen LogP contribution in [0.4, 0.5) is 0 Å². The molecule has 1 aliphatic rings. The van der Waals surface area contributed by atoms with E-state index in [0.717, 1.165) is 0 Å². The third-order valence-corrected chi connectivity index (χ3v) is 3.63. The highest BCUT2D eigenvalue weighted by Gasteiger charge is 2.36. The molecule has 1 atom stereocenters. The minimum atomic E-state index is -0.937. The van der Waals surface area contributed by atoms with Crippen LogP contribution in [-0.4, -0.2) is 52.3 Å². The molecule has 0 radical (unpaired) electrons. The molecule has 1 N–H and O–H groups in total. The summed E-state index contributed by atoms with van der Waals surface area (Å²) in [6.07, 6.45) is 0.202. The Kier molecular flexibility index (Phi) is 4.21. The standard InChI is InChI=1S/C10H17NO4S/c1-10(2,15-3)4-8(12)11-6-16-5-7(11)9(13)14/h7H,4-6H2,1-3H3,(H,13,14). The quantitative estimate of drug-likeness (QED) is 0.795. The van der Waals surface area contributed by atoms with Crippen LogP contribution in [0.5, 0.6) is 0 Å². The van der Waals surface area contributed by atoms with Gasteiger partial charge in [-0.2, -0.15) is 0 Å². The first-order valence-corrected chi connectivity index (χ1v) is 6.18. The lowest BCUT2D eigenvalue weighted by molar-refractivity contribution is -0.149. The van der Waals surface area contributed by atoms with Crippen LogP contribution in [0, 0.1) is 0 Å². The average molecular weight is 247 g/mol. The van der Waals surface area contributed by atoms with Crippen molar-refractivity contribution in [1.82, 2.24) is 4.90 Å². The second-order valence-electron chi connectivity index (χ2n) is 4.36. The summed E-state index contributed by atoms with van der Waals surface area (Å²) in [6, 6.07) is -0.690. The Morgan fingerprint density at radius 3 is 2.69 bits per heavy atom. The second-order valence-corrected chi connectivity index (χ2v) is 5.36. The molecule has 1 unspecified atom stereocenters. The zero-order valence-electron chi connectivity index (χ0n) is 9.73. The number of hydrogen-bond donors (Lipinski definition) is 1. The van der Waals surface area contributed by atoms with Crippen LogP contribution < -0.4 is 0 Å². The minimum absolute atomic E-state index is 0.163. The number of rotatable bonds is 4. The number of nitrogens with zero attached hydrogens (tertiary/aromatic N) is 1. The maximum absolute atomic E-state index is 11.9. The molecule has 1 fully saturated rings. The first-order chi connectivity index (χ1) is 7.37. The molecule has 92 valence electrons. The van der Waals surface area contributed by atoms with Gasteiger partial charge in [0.15, 0.2) is 0 Å². The normalized spacial score (nSPS) is 21.2. The summed E-state index contributed by atoms with van der Waals surface area (Å²) < 4.78 is 5.16. The van der Waals surface area contributed by atoms with Gasteiger partial charge in [0.2, 0.25) is 5.91 Å². The molecule has 1 aliphatic heterocycles. The lowest BCUT2D eigenvalue weighted by Gasteiger charge is -2.27. The van der Waals surface area contributed by atoms with Gasteiger partial charge in [0.05, 0.1) is 17.9 Å². The van der Waals surface area contributed by atoms with Gasteiger partial charge in [0, 0.05) is 12.9 Å². The summed E-state index contributed by atoms with van der Waals surface area (Å²) in [7, 11) is 1.54. The van der Waals surface area contributed by atoms with Gasteiger partial charge < -0.3 is 14.7 Å². The highest BCUT2D eigenvalue weighted by Crippen LogP contribution is 2.24. The molecule has 1 heterocycles. The lowest BCUT2D eigenvalue weighted by Crippen LogP contribution is -2.44. The predicted octanol–water partition coefficient (Wildman–Crippen LogP) is 0.788. The van der Waals surface area contributed by atoms with Gasteiger partial charge in [-0.1, -0.05) is 0 Å². The fourth-order valence-electron chi connectivity index (χ4n) is 1.43. The molecule has 0 aromatic heterocycles. The fourth-order valence-corrected chi connectivity index (χ4v) is 2.60. The van der Waals surface area contributed by atoms with Crippen LogP contribution in [0.1, 0.15) is 20.3 Å². The Morgan fingerprint density at radius 1 is 1.56 bits per heavy atom. The molecule has 0 spiro atoms. The van der Waals surface area contributed by atoms with Crippen molar-refractivity contribution >= 4 is 23.6 Å². The van der Waals surface area contributed by atoms with Gasteiger partial charge in [-0.15, -0.1) is 11.8 Å². The second kappa shape index (κ2) is 5.05. The number of carboxylic acid groups (broad SMARTS) is 1. The maximum atomic E-state index is 11.9. The molecular formula is C10H17NO4S. The van der Waals surface area contributed by atoms with E-state index < -0.39 is 17.6 Å². The number of hydrogen-bond acceptors (Lipinski definition) is 4. The number of thioether (sulfide) groups is 1. The fraction of sp³-hybridized carbons (Fsp3) is 0.800. The van der Waals surface area contributed by atoms with Crippen molar-refractivity contribution in [3.05, 3.63) is 0 Å². The van der Waals surface area contributed by atoms with Gasteiger partial charge in [0.1, 0.15) is 6.04 Å². The van der Waals surface area contributed by atoms with Crippen molar-refractivity contribution in [2.45, 2.75) is 31.9 Å². The van der Waals surface area contributed by atoms with E-state index in [0.29, 0.717) is 11.6 Å². The Bertz CT molecular complexity index is 293. The van der Waals surface area contributed by atoms with E-state index in [2.05, 4.69) is 0 Å². The summed E-state index contributed by atoms with van der Waals surface area (Å²) in [4.78, 5) is 24.2. The summed E-state index contributed by atoms with van der Waals surface area (Å²) in [5, 5.41) is 8.95. The van der Waals surface area contributed by atoms with Gasteiger partial charge >= 0.3 is 5.97 Å². The van der Waals surface area contributed by atoms with Crippen molar-refractivity contribution < 1.29 is 19.4 Å². The van der Waals surface area contributed by atoms with E-state index in [-0.39, 0.29) is 12.3 Å². The predicted molar refractivity (Wildman–Crippen MR) is 61.3 cm³/mol. The van der Waals surface area contributed by atoms with Gasteiger partial charge in [0.25, 0.3) is 0 Å². The van der Waals surface area contributed by atoms with Crippen molar-refractivity contribution in [2.24, 2.45) is 0 Å². The van der Waals surface area contributed by atoms with Crippen LogP contribution >= 0.6 is 11.8 Å². The largest absolute Gasteiger partial charge is 0.480 e. The van der Waals surface area contributed by atoms with E-state index in [4.69, 9.17) is 9.84 Å². The van der Waals surface area contributed by atoms with E-state index in [1.165, 1.54) is 16.7 Å². The molecule has 0 aromatic carbocycles. The number of ether oxygens (including phenoxy) is 1. The Balaban J connectivity index is 2.63. The van der Waals surface area contributed by atoms with Crippen molar-refractivity contribution in [1.29, 1.82) is 0 Å². The third-order valence-electron chi connectivity index (χ3n) is 2.62.